The normalized spacial score (nSPS) is 21.3. The first-order valence-corrected chi connectivity index (χ1v) is 18.4. The van der Waals surface area contributed by atoms with E-state index in [2.05, 4.69) is 46.4 Å². The van der Waals surface area contributed by atoms with Crippen molar-refractivity contribution in [3.8, 4) is 11.5 Å². The van der Waals surface area contributed by atoms with Gasteiger partial charge in [0.1, 0.15) is 24.7 Å². The van der Waals surface area contributed by atoms with Crippen LogP contribution in [0.15, 0.2) is 48.5 Å². The van der Waals surface area contributed by atoms with E-state index in [9.17, 15) is 9.59 Å². The Labute approximate surface area is 301 Å². The van der Waals surface area contributed by atoms with Gasteiger partial charge in [0.2, 0.25) is 11.8 Å². The summed E-state index contributed by atoms with van der Waals surface area (Å²) in [7, 11) is 4.10. The highest BCUT2D eigenvalue weighted by molar-refractivity contribution is 5.83. The molecule has 2 aliphatic rings. The minimum atomic E-state index is -0.612. The number of aryl methyl sites for hydroxylation is 2. The van der Waals surface area contributed by atoms with Crippen LogP contribution in [0.5, 0.6) is 11.5 Å². The summed E-state index contributed by atoms with van der Waals surface area (Å²) in [5.74, 6) is 1.73. The highest BCUT2D eigenvalue weighted by atomic mass is 16.5. The molecule has 2 aliphatic heterocycles. The van der Waals surface area contributed by atoms with Crippen LogP contribution in [0.4, 0.5) is 0 Å². The van der Waals surface area contributed by atoms with E-state index < -0.39 is 10.8 Å². The van der Waals surface area contributed by atoms with Gasteiger partial charge in [-0.2, -0.15) is 0 Å². The van der Waals surface area contributed by atoms with Crippen LogP contribution in [-0.2, 0) is 31.9 Å². The van der Waals surface area contributed by atoms with Crippen LogP contribution >= 0.6 is 0 Å². The molecule has 2 heterocycles. The van der Waals surface area contributed by atoms with E-state index in [-0.39, 0.29) is 36.1 Å². The summed E-state index contributed by atoms with van der Waals surface area (Å²) in [6.45, 7) is 21.2. The average Bonchev–Trinajstić information content (AvgIpc) is 3.62. The van der Waals surface area contributed by atoms with E-state index in [1.165, 1.54) is 0 Å². The van der Waals surface area contributed by atoms with E-state index in [4.69, 9.17) is 18.9 Å². The van der Waals surface area contributed by atoms with Crippen molar-refractivity contribution in [3.63, 3.8) is 0 Å². The van der Waals surface area contributed by atoms with Gasteiger partial charge in [0.25, 0.3) is 0 Å². The van der Waals surface area contributed by atoms with Gasteiger partial charge >= 0.3 is 0 Å². The lowest BCUT2D eigenvalue weighted by atomic mass is 9.93. The second-order valence-electron chi connectivity index (χ2n) is 14.9. The van der Waals surface area contributed by atoms with Crippen molar-refractivity contribution in [3.05, 3.63) is 59.7 Å². The molecule has 2 saturated heterocycles. The molecular formula is C40H64N4O6. The van der Waals surface area contributed by atoms with Gasteiger partial charge in [-0.05, 0) is 91.7 Å². The number of likely N-dealkylation sites (tertiary alicyclic amines) is 2. The number of rotatable bonds is 16. The third kappa shape index (κ3) is 12.0. The molecule has 10 nitrogen and oxygen atoms in total. The lowest BCUT2D eigenvalue weighted by Gasteiger charge is -2.28. The number of para-hydroxylation sites is 2. The fourth-order valence-electron chi connectivity index (χ4n) is 6.22. The average molecular weight is 697 g/mol. The third-order valence-corrected chi connectivity index (χ3v) is 9.41. The number of hydrogen-bond acceptors (Lipinski definition) is 8. The first-order valence-electron chi connectivity index (χ1n) is 18.4. The molecule has 2 N–H and O–H groups in total. The SMILES string of the molecule is CCO[C@@H]1CN(C)C[C@H]1NC(=O)C(C)(C)COc1ccccc1CC.CCO[C@H]1CN(C)C[C@@H]1NC(=O)C(C)(C)COc1ccccc1CC. The lowest BCUT2D eigenvalue weighted by Crippen LogP contribution is -2.50. The molecule has 280 valence electrons. The molecule has 0 aliphatic carbocycles. The second kappa shape index (κ2) is 19.4. The van der Waals surface area contributed by atoms with Gasteiger partial charge < -0.3 is 39.4 Å². The van der Waals surface area contributed by atoms with Crippen LogP contribution in [0.25, 0.3) is 0 Å². The number of nitrogens with one attached hydrogen (secondary N) is 2. The number of amides is 2. The van der Waals surface area contributed by atoms with Crippen molar-refractivity contribution >= 4 is 11.8 Å². The predicted octanol–water partition coefficient (Wildman–Crippen LogP) is 4.98. The Morgan fingerprint density at radius 1 is 0.640 bits per heavy atom. The van der Waals surface area contributed by atoms with E-state index in [1.807, 2.05) is 92.0 Å². The molecule has 2 aromatic rings. The van der Waals surface area contributed by atoms with Crippen molar-refractivity contribution in [2.75, 3.05) is 66.7 Å². The van der Waals surface area contributed by atoms with Crippen LogP contribution in [0.3, 0.4) is 0 Å². The van der Waals surface area contributed by atoms with E-state index in [0.29, 0.717) is 26.4 Å². The Bertz CT molecular complexity index is 1250. The maximum atomic E-state index is 12.8. The van der Waals surface area contributed by atoms with Gasteiger partial charge in [-0.25, -0.2) is 0 Å². The largest absolute Gasteiger partial charge is 0.492 e. The number of likely N-dealkylation sites (N-methyl/N-ethyl adjacent to an activating group) is 2. The lowest BCUT2D eigenvalue weighted by molar-refractivity contribution is -0.133. The molecule has 4 rings (SSSR count). The van der Waals surface area contributed by atoms with Crippen molar-refractivity contribution in [2.45, 2.75) is 92.5 Å². The minimum absolute atomic E-state index is 0.00600. The van der Waals surface area contributed by atoms with Crippen molar-refractivity contribution in [1.29, 1.82) is 0 Å². The highest BCUT2D eigenvalue weighted by Crippen LogP contribution is 2.25. The number of ether oxygens (including phenoxy) is 4. The molecule has 4 atom stereocenters. The zero-order valence-corrected chi connectivity index (χ0v) is 32.3. The Morgan fingerprint density at radius 3 is 1.34 bits per heavy atom. The van der Waals surface area contributed by atoms with Crippen molar-refractivity contribution in [1.82, 2.24) is 20.4 Å². The maximum Gasteiger partial charge on any atom is 0.229 e. The summed E-state index contributed by atoms with van der Waals surface area (Å²) in [5.41, 5.74) is 1.09. The van der Waals surface area contributed by atoms with Gasteiger partial charge in [-0.3, -0.25) is 9.59 Å². The number of carbonyl (C=O) groups excluding carboxylic acids is 2. The van der Waals surface area contributed by atoms with Gasteiger partial charge in [0.15, 0.2) is 0 Å². The monoisotopic (exact) mass is 696 g/mol. The molecule has 2 amide bonds. The third-order valence-electron chi connectivity index (χ3n) is 9.41. The molecule has 0 spiro atoms. The molecule has 0 saturated carbocycles. The summed E-state index contributed by atoms with van der Waals surface area (Å²) < 4.78 is 23.5. The molecule has 0 unspecified atom stereocenters. The first-order chi connectivity index (χ1) is 23.7. The standard InChI is InChI=1S/2C20H32N2O3/c2*1-6-15-10-8-9-11-17(15)25-14-20(3,4)19(23)21-16-12-22(5)13-18(16)24-7-2/h2*8-11,16,18H,6-7,12-14H2,1-5H3,(H,21,23)/t2*16-,18-/m10/s1. The summed E-state index contributed by atoms with van der Waals surface area (Å²) in [6.07, 6.45) is 1.92. The fraction of sp³-hybridized carbons (Fsp3) is 0.650. The van der Waals surface area contributed by atoms with Crippen LogP contribution < -0.4 is 20.1 Å². The highest BCUT2D eigenvalue weighted by Gasteiger charge is 2.38. The number of hydrogen-bond donors (Lipinski definition) is 2. The molecule has 2 fully saturated rings. The van der Waals surface area contributed by atoms with Crippen LogP contribution in [0, 0.1) is 10.8 Å². The smallest absolute Gasteiger partial charge is 0.229 e. The summed E-state index contributed by atoms with van der Waals surface area (Å²) in [5, 5.41) is 6.33. The van der Waals surface area contributed by atoms with E-state index >= 15 is 0 Å². The van der Waals surface area contributed by atoms with Gasteiger partial charge in [-0.1, -0.05) is 50.2 Å². The number of carbonyl (C=O) groups is 2. The Hall–Kier alpha value is -3.18. The molecule has 0 aromatic heterocycles. The summed E-state index contributed by atoms with van der Waals surface area (Å²) >= 11 is 0. The fourth-order valence-corrected chi connectivity index (χ4v) is 6.22. The quantitative estimate of drug-likeness (QED) is 0.254. The van der Waals surface area contributed by atoms with Crippen LogP contribution in [0.2, 0.25) is 0 Å². The predicted molar refractivity (Wildman–Crippen MR) is 200 cm³/mol. The Morgan fingerprint density at radius 2 is 1.00 bits per heavy atom. The molecule has 0 radical (unpaired) electrons. The first kappa shape index (κ1) is 41.2. The summed E-state index contributed by atoms with van der Waals surface area (Å²) in [6, 6.07) is 16.0. The Kier molecular flexibility index (Phi) is 16.0. The Balaban J connectivity index is 0.000000270. The molecule has 10 heteroatoms. The molecule has 2 aromatic carbocycles. The molecule has 50 heavy (non-hydrogen) atoms. The number of nitrogens with zero attached hydrogens (tertiary/aromatic N) is 2. The van der Waals surface area contributed by atoms with Gasteiger partial charge in [0.05, 0.1) is 35.1 Å². The minimum Gasteiger partial charge on any atom is -0.492 e. The van der Waals surface area contributed by atoms with Crippen molar-refractivity contribution in [2.24, 2.45) is 10.8 Å². The zero-order valence-electron chi connectivity index (χ0n) is 32.3. The van der Waals surface area contributed by atoms with Crippen molar-refractivity contribution < 1.29 is 28.5 Å². The second-order valence-corrected chi connectivity index (χ2v) is 14.9. The van der Waals surface area contributed by atoms with E-state index in [0.717, 1.165) is 61.6 Å². The van der Waals surface area contributed by atoms with Gasteiger partial charge in [-0.15, -0.1) is 0 Å². The van der Waals surface area contributed by atoms with Crippen LogP contribution in [-0.4, -0.2) is 113 Å². The van der Waals surface area contributed by atoms with Crippen LogP contribution in [0.1, 0.15) is 66.5 Å². The maximum absolute atomic E-state index is 12.8. The zero-order chi connectivity index (χ0) is 36.9. The number of benzene rings is 2. The van der Waals surface area contributed by atoms with E-state index in [1.54, 1.807) is 0 Å². The molecule has 0 bridgehead atoms. The summed E-state index contributed by atoms with van der Waals surface area (Å²) in [4.78, 5) is 29.9. The van der Waals surface area contributed by atoms with Gasteiger partial charge in [0, 0.05) is 39.4 Å². The molecular weight excluding hydrogens is 632 g/mol. The topological polar surface area (TPSA) is 102 Å².